The SMILES string of the molecule is CC(=O)N[C@@H](C(=O)NCc1ccc(CN2CCCC2)cc1)C(C)C. The van der Waals surface area contributed by atoms with Crippen molar-refractivity contribution in [2.45, 2.75) is 52.7 Å². The minimum Gasteiger partial charge on any atom is -0.350 e. The smallest absolute Gasteiger partial charge is 0.243 e. The molecule has 2 amide bonds. The summed E-state index contributed by atoms with van der Waals surface area (Å²) >= 11 is 0. The summed E-state index contributed by atoms with van der Waals surface area (Å²) in [5.74, 6) is -0.270. The molecule has 1 atom stereocenters. The summed E-state index contributed by atoms with van der Waals surface area (Å²) in [6.07, 6.45) is 2.60. The zero-order chi connectivity index (χ0) is 17.5. The fourth-order valence-corrected chi connectivity index (χ4v) is 3.01. The number of carbonyl (C=O) groups excluding carboxylic acids is 2. The maximum Gasteiger partial charge on any atom is 0.243 e. The first kappa shape index (κ1) is 18.5. The molecule has 0 unspecified atom stereocenters. The highest BCUT2D eigenvalue weighted by Gasteiger charge is 2.22. The molecule has 0 bridgehead atoms. The van der Waals surface area contributed by atoms with E-state index in [1.54, 1.807) is 0 Å². The molecule has 1 saturated heterocycles. The summed E-state index contributed by atoms with van der Waals surface area (Å²) in [7, 11) is 0. The molecule has 1 aromatic carbocycles. The second kappa shape index (κ2) is 8.83. The Balaban J connectivity index is 1.84. The Morgan fingerprint density at radius 3 is 2.21 bits per heavy atom. The number of amides is 2. The van der Waals surface area contributed by atoms with Gasteiger partial charge < -0.3 is 10.6 Å². The van der Waals surface area contributed by atoms with Gasteiger partial charge in [-0.05, 0) is 43.0 Å². The zero-order valence-corrected chi connectivity index (χ0v) is 15.0. The minimum absolute atomic E-state index is 0.0525. The molecule has 1 aromatic rings. The zero-order valence-electron chi connectivity index (χ0n) is 15.0. The summed E-state index contributed by atoms with van der Waals surface area (Å²) in [4.78, 5) is 25.9. The molecule has 0 spiro atoms. The molecular weight excluding hydrogens is 302 g/mol. The van der Waals surface area contributed by atoms with Crippen molar-refractivity contribution in [3.05, 3.63) is 35.4 Å². The van der Waals surface area contributed by atoms with Crippen LogP contribution < -0.4 is 10.6 Å². The van der Waals surface area contributed by atoms with E-state index in [4.69, 9.17) is 0 Å². The van der Waals surface area contributed by atoms with Crippen molar-refractivity contribution in [3.63, 3.8) is 0 Å². The second-order valence-electron chi connectivity index (χ2n) is 6.94. The van der Waals surface area contributed by atoms with Gasteiger partial charge in [0, 0.05) is 20.0 Å². The average molecular weight is 331 g/mol. The number of nitrogens with zero attached hydrogens (tertiary/aromatic N) is 1. The van der Waals surface area contributed by atoms with Gasteiger partial charge in [-0.2, -0.15) is 0 Å². The number of likely N-dealkylation sites (tertiary alicyclic amines) is 1. The maximum absolute atomic E-state index is 12.3. The second-order valence-corrected chi connectivity index (χ2v) is 6.94. The van der Waals surface area contributed by atoms with Gasteiger partial charge in [0.25, 0.3) is 0 Å². The quantitative estimate of drug-likeness (QED) is 0.804. The van der Waals surface area contributed by atoms with E-state index in [0.29, 0.717) is 6.54 Å². The van der Waals surface area contributed by atoms with Crippen molar-refractivity contribution < 1.29 is 9.59 Å². The molecular formula is C19H29N3O2. The predicted molar refractivity (Wildman–Crippen MR) is 95.2 cm³/mol. The van der Waals surface area contributed by atoms with Crippen LogP contribution >= 0.6 is 0 Å². The fourth-order valence-electron chi connectivity index (χ4n) is 3.01. The van der Waals surface area contributed by atoms with Crippen molar-refractivity contribution in [2.75, 3.05) is 13.1 Å². The van der Waals surface area contributed by atoms with E-state index in [2.05, 4.69) is 39.8 Å². The van der Waals surface area contributed by atoms with Gasteiger partial charge in [-0.15, -0.1) is 0 Å². The van der Waals surface area contributed by atoms with Gasteiger partial charge in [-0.3, -0.25) is 14.5 Å². The third kappa shape index (κ3) is 5.64. The van der Waals surface area contributed by atoms with E-state index in [1.165, 1.54) is 38.4 Å². The van der Waals surface area contributed by atoms with E-state index in [-0.39, 0.29) is 17.7 Å². The van der Waals surface area contributed by atoms with Crippen LogP contribution in [0.5, 0.6) is 0 Å². The van der Waals surface area contributed by atoms with Crippen LogP contribution in [0.1, 0.15) is 44.7 Å². The Morgan fingerprint density at radius 1 is 1.08 bits per heavy atom. The topological polar surface area (TPSA) is 61.4 Å². The lowest BCUT2D eigenvalue weighted by Gasteiger charge is -2.21. The molecule has 132 valence electrons. The summed E-state index contributed by atoms with van der Waals surface area (Å²) in [5, 5.41) is 5.62. The molecule has 5 heteroatoms. The predicted octanol–water partition coefficient (Wildman–Crippen LogP) is 2.06. The highest BCUT2D eigenvalue weighted by atomic mass is 16.2. The third-order valence-electron chi connectivity index (χ3n) is 4.40. The van der Waals surface area contributed by atoms with Crippen molar-refractivity contribution in [2.24, 2.45) is 5.92 Å². The molecule has 1 heterocycles. The molecule has 1 fully saturated rings. The van der Waals surface area contributed by atoms with E-state index >= 15 is 0 Å². The maximum atomic E-state index is 12.3. The van der Waals surface area contributed by atoms with E-state index in [0.717, 1.165) is 12.1 Å². The van der Waals surface area contributed by atoms with Gasteiger partial charge in [0.1, 0.15) is 6.04 Å². The Kier molecular flexibility index (Phi) is 6.79. The average Bonchev–Trinajstić information content (AvgIpc) is 3.04. The molecule has 0 saturated carbocycles. The standard InChI is InChI=1S/C19H29N3O2/c1-14(2)18(21-15(3)23)19(24)20-12-16-6-8-17(9-7-16)13-22-10-4-5-11-22/h6-9,14,18H,4-5,10-13H2,1-3H3,(H,20,24)(H,21,23)/t18-/m1/s1. The van der Waals surface area contributed by atoms with Gasteiger partial charge in [0.15, 0.2) is 0 Å². The molecule has 0 radical (unpaired) electrons. The van der Waals surface area contributed by atoms with Crippen LogP contribution in [0, 0.1) is 5.92 Å². The van der Waals surface area contributed by atoms with Crippen LogP contribution in [0.15, 0.2) is 24.3 Å². The van der Waals surface area contributed by atoms with Gasteiger partial charge >= 0.3 is 0 Å². The molecule has 1 aliphatic heterocycles. The number of hydrogen-bond donors (Lipinski definition) is 2. The highest BCUT2D eigenvalue weighted by molar-refractivity contribution is 5.86. The van der Waals surface area contributed by atoms with Crippen LogP contribution in [0.4, 0.5) is 0 Å². The van der Waals surface area contributed by atoms with E-state index in [1.807, 2.05) is 13.8 Å². The van der Waals surface area contributed by atoms with E-state index in [9.17, 15) is 9.59 Å². The Bertz CT molecular complexity index is 548. The highest BCUT2D eigenvalue weighted by Crippen LogP contribution is 2.13. The molecule has 1 aliphatic rings. The Hall–Kier alpha value is -1.88. The van der Waals surface area contributed by atoms with Crippen molar-refractivity contribution in [1.29, 1.82) is 0 Å². The van der Waals surface area contributed by atoms with Crippen molar-refractivity contribution >= 4 is 11.8 Å². The molecule has 0 aromatic heterocycles. The van der Waals surface area contributed by atoms with Crippen LogP contribution in [-0.4, -0.2) is 35.8 Å². The lowest BCUT2D eigenvalue weighted by Crippen LogP contribution is -2.48. The summed E-state index contributed by atoms with van der Waals surface area (Å²) in [5.41, 5.74) is 2.38. The number of hydrogen-bond acceptors (Lipinski definition) is 3. The lowest BCUT2D eigenvalue weighted by atomic mass is 10.0. The Labute approximate surface area is 144 Å². The van der Waals surface area contributed by atoms with Crippen LogP contribution in [-0.2, 0) is 22.7 Å². The first-order chi connectivity index (χ1) is 11.5. The first-order valence-corrected chi connectivity index (χ1v) is 8.80. The first-order valence-electron chi connectivity index (χ1n) is 8.80. The van der Waals surface area contributed by atoms with Crippen LogP contribution in [0.3, 0.4) is 0 Å². The molecule has 2 N–H and O–H groups in total. The van der Waals surface area contributed by atoms with Gasteiger partial charge in [-0.25, -0.2) is 0 Å². The molecule has 2 rings (SSSR count). The van der Waals surface area contributed by atoms with Gasteiger partial charge in [0.2, 0.25) is 11.8 Å². The number of rotatable bonds is 7. The fraction of sp³-hybridized carbons (Fsp3) is 0.579. The third-order valence-corrected chi connectivity index (χ3v) is 4.40. The number of carbonyl (C=O) groups is 2. The van der Waals surface area contributed by atoms with E-state index < -0.39 is 6.04 Å². The van der Waals surface area contributed by atoms with Crippen LogP contribution in [0.25, 0.3) is 0 Å². The molecule has 5 nitrogen and oxygen atoms in total. The van der Waals surface area contributed by atoms with Crippen LogP contribution in [0.2, 0.25) is 0 Å². The number of nitrogens with one attached hydrogen (secondary N) is 2. The van der Waals surface area contributed by atoms with Crippen molar-refractivity contribution in [3.8, 4) is 0 Å². The van der Waals surface area contributed by atoms with Gasteiger partial charge in [0.05, 0.1) is 0 Å². The molecule has 0 aliphatic carbocycles. The van der Waals surface area contributed by atoms with Gasteiger partial charge in [-0.1, -0.05) is 38.1 Å². The number of benzene rings is 1. The summed E-state index contributed by atoms with van der Waals surface area (Å²) in [6.45, 7) is 9.15. The Morgan fingerprint density at radius 2 is 1.67 bits per heavy atom. The lowest BCUT2D eigenvalue weighted by molar-refractivity contribution is -0.129. The van der Waals surface area contributed by atoms with Crippen molar-refractivity contribution in [1.82, 2.24) is 15.5 Å². The molecule has 24 heavy (non-hydrogen) atoms. The minimum atomic E-state index is -0.489. The normalized spacial score (nSPS) is 16.2. The largest absolute Gasteiger partial charge is 0.350 e. The summed E-state index contributed by atoms with van der Waals surface area (Å²) < 4.78 is 0. The monoisotopic (exact) mass is 331 g/mol. The summed E-state index contributed by atoms with van der Waals surface area (Å²) in [6, 6.07) is 7.90.